The highest BCUT2D eigenvalue weighted by atomic mass is 32.2. The summed E-state index contributed by atoms with van der Waals surface area (Å²) in [5.74, 6) is 1.28. The zero-order valence-corrected chi connectivity index (χ0v) is 19.9. The number of hydrogen-bond acceptors (Lipinski definition) is 5. The van der Waals surface area contributed by atoms with Gasteiger partial charge in [0.2, 0.25) is 10.0 Å². The number of rotatable bonds is 6. The molecule has 170 valence electrons. The fourth-order valence-electron chi connectivity index (χ4n) is 3.42. The number of nitrogens with one attached hydrogen (secondary N) is 2. The van der Waals surface area contributed by atoms with Crippen LogP contribution in [0.5, 0.6) is 5.75 Å². The number of anilines is 1. The molecule has 8 nitrogen and oxygen atoms in total. The minimum atomic E-state index is -3.33. The molecule has 3 rings (SSSR count). The monoisotopic (exact) mass is 456 g/mol. The lowest BCUT2D eigenvalue weighted by molar-refractivity contribution is 0.396. The van der Waals surface area contributed by atoms with Crippen molar-refractivity contribution < 1.29 is 13.2 Å². The number of aromatic amines is 1. The minimum Gasteiger partial charge on any atom is -0.496 e. The van der Waals surface area contributed by atoms with Crippen molar-refractivity contribution in [3.8, 4) is 11.4 Å². The molecule has 0 spiro atoms. The molecule has 0 aliphatic carbocycles. The van der Waals surface area contributed by atoms with Crippen LogP contribution in [0.1, 0.15) is 43.3 Å². The summed E-state index contributed by atoms with van der Waals surface area (Å²) in [5, 5.41) is 6.49. The van der Waals surface area contributed by atoms with E-state index in [1.807, 2.05) is 36.4 Å². The zero-order chi connectivity index (χ0) is 23.7. The van der Waals surface area contributed by atoms with Crippen molar-refractivity contribution in [2.45, 2.75) is 33.1 Å². The van der Waals surface area contributed by atoms with Gasteiger partial charge in [0, 0.05) is 16.8 Å². The third kappa shape index (κ3) is 5.28. The van der Waals surface area contributed by atoms with Gasteiger partial charge in [0.1, 0.15) is 11.6 Å². The summed E-state index contributed by atoms with van der Waals surface area (Å²) < 4.78 is 32.5. The highest BCUT2D eigenvalue weighted by Gasteiger charge is 2.23. The summed E-state index contributed by atoms with van der Waals surface area (Å²) >= 11 is 0. The molecule has 0 aliphatic rings. The molecule has 2 N–H and O–H groups in total. The molecule has 0 amide bonds. The Bertz CT molecular complexity index is 1310. The van der Waals surface area contributed by atoms with Crippen LogP contribution in [0.15, 0.2) is 41.2 Å². The molecule has 0 fully saturated rings. The van der Waals surface area contributed by atoms with Crippen LogP contribution < -0.4 is 15.1 Å². The Hall–Kier alpha value is -3.33. The number of hydrogen-bond donors (Lipinski definition) is 2. The van der Waals surface area contributed by atoms with E-state index in [0.717, 1.165) is 28.7 Å². The number of aryl methyl sites for hydroxylation is 1. The first-order valence-electron chi connectivity index (χ1n) is 10.0. The predicted molar refractivity (Wildman–Crippen MR) is 128 cm³/mol. The van der Waals surface area contributed by atoms with Gasteiger partial charge >= 0.3 is 5.69 Å². The fraction of sp³-hybridized carbons (Fsp3) is 0.304. The first-order valence-corrected chi connectivity index (χ1v) is 11.9. The molecule has 0 aliphatic heterocycles. The van der Waals surface area contributed by atoms with E-state index in [2.05, 4.69) is 35.7 Å². The van der Waals surface area contributed by atoms with Crippen molar-refractivity contribution in [2.75, 3.05) is 18.1 Å². The lowest BCUT2D eigenvalue weighted by Gasteiger charge is -2.24. The number of sulfonamides is 1. The van der Waals surface area contributed by atoms with Gasteiger partial charge in [-0.1, -0.05) is 45.1 Å². The van der Waals surface area contributed by atoms with Gasteiger partial charge in [-0.15, -0.1) is 0 Å². The van der Waals surface area contributed by atoms with Gasteiger partial charge in [-0.25, -0.2) is 22.9 Å². The second-order valence-corrected chi connectivity index (χ2v) is 10.4. The molecule has 0 saturated heterocycles. The first kappa shape index (κ1) is 23.3. The normalized spacial score (nSPS) is 12.3. The maximum atomic E-state index is 12.3. The van der Waals surface area contributed by atoms with Gasteiger partial charge < -0.3 is 4.74 Å². The summed E-state index contributed by atoms with van der Waals surface area (Å²) in [5.41, 5.74) is 3.29. The van der Waals surface area contributed by atoms with Crippen molar-refractivity contribution in [1.29, 1.82) is 0 Å². The van der Waals surface area contributed by atoms with E-state index in [9.17, 15) is 13.2 Å². The average Bonchev–Trinajstić information content (AvgIpc) is 3.03. The van der Waals surface area contributed by atoms with E-state index in [4.69, 9.17) is 4.74 Å². The molecule has 9 heteroatoms. The van der Waals surface area contributed by atoms with Crippen LogP contribution in [0.4, 0.5) is 5.69 Å². The van der Waals surface area contributed by atoms with Crippen LogP contribution in [-0.4, -0.2) is 36.5 Å². The molecule has 0 bridgehead atoms. The molecule has 32 heavy (non-hydrogen) atoms. The molecule has 0 unspecified atom stereocenters. The summed E-state index contributed by atoms with van der Waals surface area (Å²) in [4.78, 5) is 12.3. The Balaban J connectivity index is 2.08. The van der Waals surface area contributed by atoms with Crippen LogP contribution in [0.2, 0.25) is 0 Å². The molecular weight excluding hydrogens is 428 g/mol. The fourth-order valence-corrected chi connectivity index (χ4v) is 3.98. The average molecular weight is 457 g/mol. The highest BCUT2D eigenvalue weighted by molar-refractivity contribution is 7.92. The number of aromatic nitrogens is 3. The van der Waals surface area contributed by atoms with Crippen LogP contribution in [0, 0.1) is 6.92 Å². The van der Waals surface area contributed by atoms with Gasteiger partial charge in [0.15, 0.2) is 0 Å². The molecule has 1 aromatic heterocycles. The van der Waals surface area contributed by atoms with Gasteiger partial charge in [0.25, 0.3) is 0 Å². The van der Waals surface area contributed by atoms with Gasteiger partial charge in [-0.05, 0) is 42.2 Å². The second-order valence-electron chi connectivity index (χ2n) is 8.61. The topological polar surface area (TPSA) is 106 Å². The number of benzene rings is 2. The summed E-state index contributed by atoms with van der Waals surface area (Å²) in [6.07, 6.45) is 4.93. The predicted octanol–water partition coefficient (Wildman–Crippen LogP) is 3.72. The Labute approximate surface area is 188 Å². The van der Waals surface area contributed by atoms with Crippen molar-refractivity contribution in [1.82, 2.24) is 14.8 Å². The highest BCUT2D eigenvalue weighted by Crippen LogP contribution is 2.37. The van der Waals surface area contributed by atoms with Crippen molar-refractivity contribution in [3.63, 3.8) is 0 Å². The maximum Gasteiger partial charge on any atom is 0.347 e. The Morgan fingerprint density at radius 2 is 1.78 bits per heavy atom. The van der Waals surface area contributed by atoms with Crippen LogP contribution in [-0.2, 0) is 15.4 Å². The van der Waals surface area contributed by atoms with Crippen LogP contribution in [0.3, 0.4) is 0 Å². The minimum absolute atomic E-state index is 0.232. The maximum absolute atomic E-state index is 12.3. The van der Waals surface area contributed by atoms with Gasteiger partial charge in [-0.3, -0.25) is 4.72 Å². The summed E-state index contributed by atoms with van der Waals surface area (Å²) in [6, 6.07) is 10.9. The van der Waals surface area contributed by atoms with Crippen LogP contribution in [0.25, 0.3) is 17.8 Å². The lowest BCUT2D eigenvalue weighted by atomic mass is 9.84. The molecule has 2 aromatic carbocycles. The number of H-pyrrole nitrogens is 1. The molecule has 0 radical (unpaired) electrons. The molecular formula is C23H28N4O4S. The van der Waals surface area contributed by atoms with Crippen molar-refractivity contribution >= 4 is 27.9 Å². The van der Waals surface area contributed by atoms with E-state index in [1.54, 1.807) is 26.2 Å². The zero-order valence-electron chi connectivity index (χ0n) is 19.1. The third-order valence-corrected chi connectivity index (χ3v) is 5.49. The first-order chi connectivity index (χ1) is 14.9. The number of nitrogens with zero attached hydrogens (tertiary/aromatic N) is 2. The Kier molecular flexibility index (Phi) is 6.32. The van der Waals surface area contributed by atoms with E-state index in [-0.39, 0.29) is 11.1 Å². The smallest absolute Gasteiger partial charge is 0.347 e. The van der Waals surface area contributed by atoms with Crippen LogP contribution >= 0.6 is 0 Å². The summed E-state index contributed by atoms with van der Waals surface area (Å²) in [6.45, 7) is 8.02. The number of ether oxygens (including phenoxy) is 1. The molecule has 0 atom stereocenters. The van der Waals surface area contributed by atoms with Crippen molar-refractivity contribution in [3.05, 3.63) is 69.4 Å². The standard InChI is InChI=1S/C23H28N4O4S/c1-15-24-25-22(28)27(15)19-13-17(21(31-5)20(14-19)23(2,3)4)10-7-16-8-11-18(12-9-16)26-32(6,29)30/h7-14,26H,1-6H3,(H,25,28)/b10-7+. The quantitative estimate of drug-likeness (QED) is 0.550. The van der Waals surface area contributed by atoms with E-state index in [1.165, 1.54) is 4.57 Å². The molecule has 3 aromatic rings. The lowest BCUT2D eigenvalue weighted by Crippen LogP contribution is -2.19. The van der Waals surface area contributed by atoms with E-state index >= 15 is 0 Å². The largest absolute Gasteiger partial charge is 0.496 e. The third-order valence-electron chi connectivity index (χ3n) is 4.88. The summed E-state index contributed by atoms with van der Waals surface area (Å²) in [7, 11) is -1.70. The molecule has 0 saturated carbocycles. The SMILES string of the molecule is COc1c(/C=C/c2ccc(NS(C)(=O)=O)cc2)cc(-n2c(C)n[nH]c2=O)cc1C(C)(C)C. The Morgan fingerprint density at radius 1 is 1.12 bits per heavy atom. The van der Waals surface area contributed by atoms with Gasteiger partial charge in [0.05, 0.1) is 19.1 Å². The van der Waals surface area contributed by atoms with E-state index < -0.39 is 10.0 Å². The second kappa shape index (κ2) is 8.66. The number of methoxy groups -OCH3 is 1. The molecule has 1 heterocycles. The van der Waals surface area contributed by atoms with Crippen molar-refractivity contribution in [2.24, 2.45) is 0 Å². The Morgan fingerprint density at radius 3 is 2.28 bits per heavy atom. The van der Waals surface area contributed by atoms with Gasteiger partial charge in [-0.2, -0.15) is 5.10 Å². The van der Waals surface area contributed by atoms with E-state index in [0.29, 0.717) is 17.2 Å².